The number of ether oxygens (including phenoxy) is 1. The molecule has 1 heterocycles. The minimum absolute atomic E-state index is 0.477. The molecule has 1 atom stereocenters. The maximum Gasteiger partial charge on any atom is 0.178 e. The molecule has 0 bridgehead atoms. The van der Waals surface area contributed by atoms with Crippen molar-refractivity contribution >= 4 is 23.3 Å². The molecule has 0 spiro atoms. The Bertz CT molecular complexity index is 653. The van der Waals surface area contributed by atoms with Gasteiger partial charge in [0.1, 0.15) is 5.75 Å². The zero-order valence-corrected chi connectivity index (χ0v) is 11.2. The Hall–Kier alpha value is -1.55. The van der Waals surface area contributed by atoms with E-state index in [1.54, 1.807) is 7.11 Å². The molecule has 18 heavy (non-hydrogen) atoms. The van der Waals surface area contributed by atoms with Crippen LogP contribution < -0.4 is 4.74 Å². The number of nitrogens with one attached hydrogen (secondary N) is 1. The number of imidazole rings is 1. The van der Waals surface area contributed by atoms with Gasteiger partial charge in [-0.1, -0.05) is 12.2 Å². The number of rotatable bonds is 2. The van der Waals surface area contributed by atoms with Gasteiger partial charge in [0.05, 0.1) is 18.1 Å². The molecule has 94 valence electrons. The lowest BCUT2D eigenvalue weighted by Gasteiger charge is -2.20. The van der Waals surface area contributed by atoms with Gasteiger partial charge in [-0.15, -0.1) is 0 Å². The molecular weight excluding hydrogens is 244 g/mol. The van der Waals surface area contributed by atoms with Crippen molar-refractivity contribution in [2.75, 3.05) is 7.11 Å². The highest BCUT2D eigenvalue weighted by Gasteiger charge is 2.16. The molecule has 1 aromatic carbocycles. The van der Waals surface area contributed by atoms with Crippen LogP contribution in [0, 0.1) is 4.77 Å². The predicted octanol–water partition coefficient (Wildman–Crippen LogP) is 3.99. The van der Waals surface area contributed by atoms with Crippen molar-refractivity contribution in [3.63, 3.8) is 0 Å². The second-order valence-electron chi connectivity index (χ2n) is 4.62. The number of H-pyrrole nitrogens is 1. The largest absolute Gasteiger partial charge is 0.497 e. The molecule has 0 aliphatic heterocycles. The Kier molecular flexibility index (Phi) is 2.96. The molecule has 1 aliphatic rings. The van der Waals surface area contributed by atoms with Crippen molar-refractivity contribution in [1.82, 2.24) is 9.55 Å². The van der Waals surface area contributed by atoms with Gasteiger partial charge in [-0.05, 0) is 43.6 Å². The first-order chi connectivity index (χ1) is 8.79. The predicted molar refractivity (Wildman–Crippen MR) is 75.7 cm³/mol. The van der Waals surface area contributed by atoms with Crippen LogP contribution >= 0.6 is 12.2 Å². The SMILES string of the molecule is COc1ccc2c(c1)[nH]c(=S)n2C1CC=CCC1. The van der Waals surface area contributed by atoms with Gasteiger partial charge >= 0.3 is 0 Å². The smallest absolute Gasteiger partial charge is 0.178 e. The molecule has 1 aliphatic carbocycles. The van der Waals surface area contributed by atoms with Crippen LogP contribution in [-0.4, -0.2) is 16.7 Å². The highest BCUT2D eigenvalue weighted by atomic mass is 32.1. The fourth-order valence-electron chi connectivity index (χ4n) is 2.61. The van der Waals surface area contributed by atoms with Crippen molar-refractivity contribution in [3.05, 3.63) is 35.1 Å². The fraction of sp³-hybridized carbons (Fsp3) is 0.357. The van der Waals surface area contributed by atoms with Crippen molar-refractivity contribution in [1.29, 1.82) is 0 Å². The Morgan fingerprint density at radius 3 is 3.00 bits per heavy atom. The lowest BCUT2D eigenvalue weighted by molar-refractivity contribution is 0.415. The number of methoxy groups -OCH3 is 1. The van der Waals surface area contributed by atoms with E-state index in [1.165, 1.54) is 5.52 Å². The van der Waals surface area contributed by atoms with Crippen LogP contribution in [0.2, 0.25) is 0 Å². The van der Waals surface area contributed by atoms with Gasteiger partial charge in [0.2, 0.25) is 0 Å². The third-order valence-electron chi connectivity index (χ3n) is 3.53. The molecule has 1 N–H and O–H groups in total. The van der Waals surface area contributed by atoms with E-state index in [9.17, 15) is 0 Å². The summed E-state index contributed by atoms with van der Waals surface area (Å²) in [6.45, 7) is 0. The molecule has 0 radical (unpaired) electrons. The minimum atomic E-state index is 0.477. The van der Waals surface area contributed by atoms with E-state index in [4.69, 9.17) is 17.0 Å². The highest BCUT2D eigenvalue weighted by molar-refractivity contribution is 7.71. The van der Waals surface area contributed by atoms with Crippen molar-refractivity contribution in [2.24, 2.45) is 0 Å². The quantitative estimate of drug-likeness (QED) is 0.653. The first-order valence-electron chi connectivity index (χ1n) is 6.23. The average molecular weight is 260 g/mol. The van der Waals surface area contributed by atoms with Crippen LogP contribution in [0.3, 0.4) is 0 Å². The van der Waals surface area contributed by atoms with Gasteiger partial charge in [0.15, 0.2) is 4.77 Å². The zero-order chi connectivity index (χ0) is 12.5. The zero-order valence-electron chi connectivity index (χ0n) is 10.3. The van der Waals surface area contributed by atoms with Crippen LogP contribution in [0.5, 0.6) is 5.75 Å². The molecule has 0 saturated heterocycles. The summed E-state index contributed by atoms with van der Waals surface area (Å²) in [5.41, 5.74) is 2.22. The monoisotopic (exact) mass is 260 g/mol. The number of nitrogens with zero attached hydrogens (tertiary/aromatic N) is 1. The topological polar surface area (TPSA) is 29.9 Å². The fourth-order valence-corrected chi connectivity index (χ4v) is 2.97. The summed E-state index contributed by atoms with van der Waals surface area (Å²) in [4.78, 5) is 3.27. The van der Waals surface area contributed by atoms with Crippen molar-refractivity contribution in [3.8, 4) is 5.75 Å². The van der Waals surface area contributed by atoms with Crippen LogP contribution in [0.1, 0.15) is 25.3 Å². The van der Waals surface area contributed by atoms with E-state index in [2.05, 4.69) is 27.8 Å². The van der Waals surface area contributed by atoms with Crippen LogP contribution in [-0.2, 0) is 0 Å². The Morgan fingerprint density at radius 1 is 1.39 bits per heavy atom. The van der Waals surface area contributed by atoms with E-state index in [0.717, 1.165) is 35.3 Å². The van der Waals surface area contributed by atoms with Crippen molar-refractivity contribution < 1.29 is 4.74 Å². The molecular formula is C14H16N2OS. The molecule has 3 nitrogen and oxygen atoms in total. The van der Waals surface area contributed by atoms with Gasteiger partial charge in [-0.2, -0.15) is 0 Å². The number of allylic oxidation sites excluding steroid dienone is 2. The maximum atomic E-state index is 5.46. The van der Waals surface area contributed by atoms with E-state index >= 15 is 0 Å². The first-order valence-corrected chi connectivity index (χ1v) is 6.63. The summed E-state index contributed by atoms with van der Waals surface area (Å²) in [5, 5.41) is 0. The molecule has 3 rings (SSSR count). The summed E-state index contributed by atoms with van der Waals surface area (Å²) < 4.78 is 8.29. The second kappa shape index (κ2) is 4.61. The minimum Gasteiger partial charge on any atom is -0.497 e. The van der Waals surface area contributed by atoms with Gasteiger partial charge in [-0.3, -0.25) is 0 Å². The number of fused-ring (bicyclic) bond motifs is 1. The van der Waals surface area contributed by atoms with Crippen LogP contribution in [0.15, 0.2) is 30.4 Å². The van der Waals surface area contributed by atoms with Crippen LogP contribution in [0.4, 0.5) is 0 Å². The molecule has 0 amide bonds. The number of hydrogen-bond donors (Lipinski definition) is 1. The Labute approximate surface area is 111 Å². The van der Waals surface area contributed by atoms with Gasteiger partial charge in [0, 0.05) is 12.1 Å². The summed E-state index contributed by atoms with van der Waals surface area (Å²) in [7, 11) is 1.68. The third kappa shape index (κ3) is 1.86. The van der Waals surface area contributed by atoms with Crippen molar-refractivity contribution in [2.45, 2.75) is 25.3 Å². The number of hydrogen-bond acceptors (Lipinski definition) is 2. The molecule has 2 aromatic rings. The van der Waals surface area contributed by atoms with E-state index in [0.29, 0.717) is 6.04 Å². The second-order valence-corrected chi connectivity index (χ2v) is 5.01. The number of aromatic amines is 1. The normalized spacial score (nSPS) is 19.3. The molecule has 0 saturated carbocycles. The molecule has 1 aromatic heterocycles. The summed E-state index contributed by atoms with van der Waals surface area (Å²) in [6, 6.07) is 6.55. The van der Waals surface area contributed by atoms with E-state index in [-0.39, 0.29) is 0 Å². The summed E-state index contributed by atoms with van der Waals surface area (Å²) in [5.74, 6) is 0.856. The van der Waals surface area contributed by atoms with E-state index < -0.39 is 0 Å². The first kappa shape index (κ1) is 11.5. The third-order valence-corrected chi connectivity index (χ3v) is 3.83. The van der Waals surface area contributed by atoms with E-state index in [1.807, 2.05) is 12.1 Å². The molecule has 0 fully saturated rings. The lowest BCUT2D eigenvalue weighted by atomic mass is 10.0. The standard InChI is InChI=1S/C14H16N2OS/c1-17-11-7-8-13-12(9-11)15-14(18)16(13)10-5-3-2-4-6-10/h2-3,7-10H,4-6H2,1H3,(H,15,18). The maximum absolute atomic E-state index is 5.46. The average Bonchev–Trinajstić information content (AvgIpc) is 2.74. The molecule has 1 unspecified atom stereocenters. The van der Waals surface area contributed by atoms with Gasteiger partial charge in [0.25, 0.3) is 0 Å². The number of benzene rings is 1. The summed E-state index contributed by atoms with van der Waals surface area (Å²) in [6.07, 6.45) is 7.85. The Morgan fingerprint density at radius 2 is 2.28 bits per heavy atom. The van der Waals surface area contributed by atoms with Crippen LogP contribution in [0.25, 0.3) is 11.0 Å². The highest BCUT2D eigenvalue weighted by Crippen LogP contribution is 2.29. The lowest BCUT2D eigenvalue weighted by Crippen LogP contribution is -2.10. The van der Waals surface area contributed by atoms with Gasteiger partial charge < -0.3 is 14.3 Å². The van der Waals surface area contributed by atoms with Gasteiger partial charge in [-0.25, -0.2) is 0 Å². The molecule has 4 heteroatoms. The Balaban J connectivity index is 2.13. The number of aromatic nitrogens is 2. The summed E-state index contributed by atoms with van der Waals surface area (Å²) >= 11 is 5.46.